The number of carbonyl (C=O) groups is 1. The zero-order valence-corrected chi connectivity index (χ0v) is 15.9. The van der Waals surface area contributed by atoms with Gasteiger partial charge in [0.15, 0.2) is 5.82 Å². The van der Waals surface area contributed by atoms with Gasteiger partial charge >= 0.3 is 0 Å². The summed E-state index contributed by atoms with van der Waals surface area (Å²) in [5.74, 6) is 0.710. The van der Waals surface area contributed by atoms with Crippen LogP contribution in [-0.4, -0.2) is 46.0 Å². The first-order chi connectivity index (χ1) is 12.9. The van der Waals surface area contributed by atoms with Crippen LogP contribution >= 0.6 is 0 Å². The van der Waals surface area contributed by atoms with Gasteiger partial charge in [-0.05, 0) is 38.7 Å². The van der Waals surface area contributed by atoms with Gasteiger partial charge in [-0.1, -0.05) is 30.3 Å². The van der Waals surface area contributed by atoms with Crippen LogP contribution < -0.4 is 5.73 Å². The maximum Gasteiger partial charge on any atom is 0.242 e. The molecule has 0 unspecified atom stereocenters. The molecule has 6 heteroatoms. The molecule has 0 saturated carbocycles. The van der Waals surface area contributed by atoms with E-state index < -0.39 is 11.1 Å². The first-order valence-corrected chi connectivity index (χ1v) is 9.53. The maximum atomic E-state index is 12.5. The Morgan fingerprint density at radius 1 is 1.22 bits per heavy atom. The van der Waals surface area contributed by atoms with Crippen LogP contribution in [-0.2, 0) is 21.6 Å². The second kappa shape index (κ2) is 6.69. The van der Waals surface area contributed by atoms with Crippen LogP contribution in [0.5, 0.6) is 0 Å². The lowest BCUT2D eigenvalue weighted by atomic mass is 9.82. The van der Waals surface area contributed by atoms with Gasteiger partial charge in [-0.15, -0.1) is 0 Å². The number of nitrogens with zero attached hydrogens (tertiary/aromatic N) is 3. The van der Waals surface area contributed by atoms with Crippen LogP contribution in [0.25, 0.3) is 11.4 Å². The Morgan fingerprint density at radius 2 is 1.93 bits per heavy atom. The molecule has 142 valence electrons. The molecule has 2 N–H and O–H groups in total. The Morgan fingerprint density at radius 3 is 2.59 bits per heavy atom. The zero-order valence-electron chi connectivity index (χ0n) is 15.9. The highest BCUT2D eigenvalue weighted by Gasteiger charge is 2.44. The lowest BCUT2D eigenvalue weighted by molar-refractivity contribution is -0.145. The molecule has 2 aliphatic rings. The number of nitrogens with two attached hydrogens (primary N) is 1. The van der Waals surface area contributed by atoms with E-state index in [0.29, 0.717) is 19.7 Å². The van der Waals surface area contributed by atoms with Gasteiger partial charge in [-0.3, -0.25) is 4.79 Å². The third-order valence-electron chi connectivity index (χ3n) is 5.49. The summed E-state index contributed by atoms with van der Waals surface area (Å²) in [6.45, 7) is 5.43. The van der Waals surface area contributed by atoms with Gasteiger partial charge < -0.3 is 15.4 Å². The summed E-state index contributed by atoms with van der Waals surface area (Å²) in [6.07, 6.45) is 4.22. The molecule has 27 heavy (non-hydrogen) atoms. The van der Waals surface area contributed by atoms with Crippen molar-refractivity contribution in [3.8, 4) is 11.4 Å². The normalized spacial score (nSPS) is 19.0. The van der Waals surface area contributed by atoms with Gasteiger partial charge in [0.25, 0.3) is 0 Å². The largest absolute Gasteiger partial charge is 0.368 e. The first kappa shape index (κ1) is 18.1. The maximum absolute atomic E-state index is 12.5. The molecule has 1 aromatic carbocycles. The average molecular weight is 366 g/mol. The van der Waals surface area contributed by atoms with Crippen molar-refractivity contribution in [1.29, 1.82) is 0 Å². The van der Waals surface area contributed by atoms with E-state index in [0.717, 1.165) is 41.9 Å². The Bertz CT molecular complexity index is 837. The number of aromatic nitrogens is 2. The van der Waals surface area contributed by atoms with Gasteiger partial charge in [0.05, 0.1) is 17.8 Å². The van der Waals surface area contributed by atoms with E-state index in [1.807, 2.05) is 41.4 Å². The highest BCUT2D eigenvalue weighted by molar-refractivity contribution is 5.85. The minimum Gasteiger partial charge on any atom is -0.368 e. The number of hydrogen-bond acceptors (Lipinski definition) is 5. The average Bonchev–Trinajstić information content (AvgIpc) is 2.68. The van der Waals surface area contributed by atoms with Crippen molar-refractivity contribution in [2.24, 2.45) is 5.73 Å². The van der Waals surface area contributed by atoms with Crippen molar-refractivity contribution >= 4 is 5.91 Å². The summed E-state index contributed by atoms with van der Waals surface area (Å²) < 4.78 is 6.28. The monoisotopic (exact) mass is 366 g/mol. The summed E-state index contributed by atoms with van der Waals surface area (Å²) in [5, 5.41) is 0. The molecule has 6 nitrogen and oxygen atoms in total. The minimum atomic E-state index is -0.849. The van der Waals surface area contributed by atoms with Gasteiger partial charge in [-0.25, -0.2) is 9.97 Å². The molecule has 3 heterocycles. The Kier molecular flexibility index (Phi) is 4.48. The third kappa shape index (κ3) is 3.35. The van der Waals surface area contributed by atoms with Crippen molar-refractivity contribution in [3.63, 3.8) is 0 Å². The standard InChI is InChI=1S/C21H26N4O2/c1-20(2,22)19(26)25-11-9-21(10-12-25)17-16(8-13-27-21)14-23-18(24-17)15-6-4-3-5-7-15/h3-7,14H,8-13,22H2,1-2H3. The Balaban J connectivity index is 1.63. The van der Waals surface area contributed by atoms with Crippen molar-refractivity contribution in [2.75, 3.05) is 19.7 Å². The van der Waals surface area contributed by atoms with E-state index in [-0.39, 0.29) is 5.91 Å². The summed E-state index contributed by atoms with van der Waals surface area (Å²) in [7, 11) is 0. The fraction of sp³-hybridized carbons (Fsp3) is 0.476. The van der Waals surface area contributed by atoms with E-state index in [1.165, 1.54) is 0 Å². The summed E-state index contributed by atoms with van der Waals surface area (Å²) in [5.41, 5.74) is 7.85. The zero-order chi connectivity index (χ0) is 19.1. The van der Waals surface area contributed by atoms with E-state index in [2.05, 4.69) is 4.98 Å². The van der Waals surface area contributed by atoms with Crippen LogP contribution in [0.2, 0.25) is 0 Å². The van der Waals surface area contributed by atoms with E-state index in [4.69, 9.17) is 15.5 Å². The number of ether oxygens (including phenoxy) is 1. The van der Waals surface area contributed by atoms with Gasteiger partial charge in [-0.2, -0.15) is 0 Å². The number of rotatable bonds is 2. The smallest absolute Gasteiger partial charge is 0.242 e. The second-order valence-corrected chi connectivity index (χ2v) is 8.04. The number of hydrogen-bond donors (Lipinski definition) is 1. The van der Waals surface area contributed by atoms with Gasteiger partial charge in [0.1, 0.15) is 5.60 Å². The molecule has 0 aliphatic carbocycles. The number of fused-ring (bicyclic) bond motifs is 2. The van der Waals surface area contributed by atoms with Crippen LogP contribution in [0, 0.1) is 0 Å². The fourth-order valence-corrected chi connectivity index (χ4v) is 3.99. The number of piperidine rings is 1. The molecule has 1 amide bonds. The van der Waals surface area contributed by atoms with Crippen molar-refractivity contribution in [2.45, 2.75) is 44.2 Å². The van der Waals surface area contributed by atoms with E-state index in [1.54, 1.807) is 13.8 Å². The Hall–Kier alpha value is -2.31. The molecule has 2 aliphatic heterocycles. The molecule has 1 aromatic heterocycles. The molecule has 1 saturated heterocycles. The third-order valence-corrected chi connectivity index (χ3v) is 5.49. The summed E-state index contributed by atoms with van der Waals surface area (Å²) in [6, 6.07) is 10.00. The molecule has 0 bridgehead atoms. The molecule has 4 rings (SSSR count). The van der Waals surface area contributed by atoms with Gasteiger partial charge in [0, 0.05) is 24.8 Å². The quantitative estimate of drug-likeness (QED) is 0.882. The molecule has 0 atom stereocenters. The molecular weight excluding hydrogens is 340 g/mol. The SMILES string of the molecule is CC(C)(N)C(=O)N1CCC2(CC1)OCCc1cnc(-c3ccccc3)nc12. The Labute approximate surface area is 159 Å². The highest BCUT2D eigenvalue weighted by Crippen LogP contribution is 2.41. The second-order valence-electron chi connectivity index (χ2n) is 8.04. The minimum absolute atomic E-state index is 0.0129. The van der Waals surface area contributed by atoms with Crippen molar-refractivity contribution in [3.05, 3.63) is 47.8 Å². The van der Waals surface area contributed by atoms with Crippen LogP contribution in [0.4, 0.5) is 0 Å². The van der Waals surface area contributed by atoms with Crippen molar-refractivity contribution in [1.82, 2.24) is 14.9 Å². The molecule has 0 radical (unpaired) electrons. The molecule has 1 fully saturated rings. The van der Waals surface area contributed by atoms with Crippen LogP contribution in [0.3, 0.4) is 0 Å². The van der Waals surface area contributed by atoms with Crippen molar-refractivity contribution < 1.29 is 9.53 Å². The summed E-state index contributed by atoms with van der Waals surface area (Å²) >= 11 is 0. The molecule has 1 spiro atoms. The number of carbonyl (C=O) groups excluding carboxylic acids is 1. The number of benzene rings is 1. The van der Waals surface area contributed by atoms with Gasteiger partial charge in [0.2, 0.25) is 5.91 Å². The summed E-state index contributed by atoms with van der Waals surface area (Å²) in [4.78, 5) is 23.8. The topological polar surface area (TPSA) is 81.3 Å². The lowest BCUT2D eigenvalue weighted by Crippen LogP contribution is -2.56. The lowest BCUT2D eigenvalue weighted by Gasteiger charge is -2.45. The first-order valence-electron chi connectivity index (χ1n) is 9.53. The molecule has 2 aromatic rings. The highest BCUT2D eigenvalue weighted by atomic mass is 16.5. The molecular formula is C21H26N4O2. The number of amides is 1. The predicted octanol–water partition coefficient (Wildman–Crippen LogP) is 2.27. The number of likely N-dealkylation sites (tertiary alicyclic amines) is 1. The predicted molar refractivity (Wildman–Crippen MR) is 103 cm³/mol. The van der Waals surface area contributed by atoms with Crippen LogP contribution in [0.1, 0.15) is 37.9 Å². The van der Waals surface area contributed by atoms with E-state index >= 15 is 0 Å². The fourth-order valence-electron chi connectivity index (χ4n) is 3.99. The van der Waals surface area contributed by atoms with E-state index in [9.17, 15) is 4.79 Å². The van der Waals surface area contributed by atoms with Crippen LogP contribution in [0.15, 0.2) is 36.5 Å².